The smallest absolute Gasteiger partial charge is 0.295 e. The van der Waals surface area contributed by atoms with E-state index in [1.54, 1.807) is 18.2 Å². The van der Waals surface area contributed by atoms with Crippen LogP contribution in [-0.2, 0) is 0 Å². The van der Waals surface area contributed by atoms with E-state index in [0.717, 1.165) is 0 Å². The fraction of sp³-hybridized carbons (Fsp3) is 0.308. The van der Waals surface area contributed by atoms with Gasteiger partial charge in [0.1, 0.15) is 12.4 Å². The van der Waals surface area contributed by atoms with Crippen LogP contribution in [0.2, 0.25) is 0 Å². The Morgan fingerprint density at radius 2 is 2.16 bits per heavy atom. The SMILES string of the molecule is CC(C)(N)COc1ccc([N+](=O)[O-])c2ncccc12. The first-order valence-electron chi connectivity index (χ1n) is 5.82. The fourth-order valence-electron chi connectivity index (χ4n) is 1.67. The minimum Gasteiger partial charge on any atom is -0.491 e. The van der Waals surface area contributed by atoms with Gasteiger partial charge in [-0.1, -0.05) is 0 Å². The van der Waals surface area contributed by atoms with E-state index < -0.39 is 10.5 Å². The number of rotatable bonds is 4. The molecule has 0 aliphatic heterocycles. The number of hydrogen-bond acceptors (Lipinski definition) is 5. The summed E-state index contributed by atoms with van der Waals surface area (Å²) in [4.78, 5) is 14.6. The first kappa shape index (κ1) is 13.2. The van der Waals surface area contributed by atoms with Crippen molar-refractivity contribution in [2.45, 2.75) is 19.4 Å². The number of non-ortho nitro benzene ring substituents is 1. The van der Waals surface area contributed by atoms with Gasteiger partial charge in [0, 0.05) is 23.2 Å². The molecule has 0 unspecified atom stereocenters. The van der Waals surface area contributed by atoms with Gasteiger partial charge in [0.15, 0.2) is 5.52 Å². The standard InChI is InChI=1S/C13H15N3O3/c1-13(2,14)8-19-11-6-5-10(16(17)18)12-9(11)4-3-7-15-12/h3-7H,8,14H2,1-2H3. The number of hydrogen-bond donors (Lipinski definition) is 1. The second kappa shape index (κ2) is 4.81. The summed E-state index contributed by atoms with van der Waals surface area (Å²) < 4.78 is 5.63. The van der Waals surface area contributed by atoms with E-state index in [0.29, 0.717) is 23.3 Å². The monoisotopic (exact) mass is 261 g/mol. The summed E-state index contributed by atoms with van der Waals surface area (Å²) in [5.41, 5.74) is 5.67. The molecule has 1 aromatic heterocycles. The van der Waals surface area contributed by atoms with Crippen molar-refractivity contribution in [3.05, 3.63) is 40.6 Å². The first-order chi connectivity index (χ1) is 8.88. The minimum atomic E-state index is -0.476. The van der Waals surface area contributed by atoms with Gasteiger partial charge in [-0.3, -0.25) is 10.1 Å². The molecule has 100 valence electrons. The van der Waals surface area contributed by atoms with Crippen LogP contribution in [0, 0.1) is 10.1 Å². The van der Waals surface area contributed by atoms with Gasteiger partial charge in [0.2, 0.25) is 0 Å². The normalized spacial score (nSPS) is 11.5. The van der Waals surface area contributed by atoms with Crippen LogP contribution in [0.25, 0.3) is 10.9 Å². The van der Waals surface area contributed by atoms with Crippen molar-refractivity contribution in [2.24, 2.45) is 5.73 Å². The van der Waals surface area contributed by atoms with E-state index in [9.17, 15) is 10.1 Å². The Kier molecular flexibility index (Phi) is 3.35. The number of benzene rings is 1. The van der Waals surface area contributed by atoms with Gasteiger partial charge in [0.05, 0.1) is 4.92 Å². The van der Waals surface area contributed by atoms with Gasteiger partial charge >= 0.3 is 0 Å². The molecule has 0 saturated carbocycles. The molecule has 1 aromatic carbocycles. The Morgan fingerprint density at radius 3 is 2.79 bits per heavy atom. The fourth-order valence-corrected chi connectivity index (χ4v) is 1.67. The number of ether oxygens (including phenoxy) is 1. The van der Waals surface area contributed by atoms with Crippen molar-refractivity contribution in [1.82, 2.24) is 4.98 Å². The summed E-state index contributed by atoms with van der Waals surface area (Å²) in [6.07, 6.45) is 1.52. The predicted molar refractivity (Wildman–Crippen MR) is 72.2 cm³/mol. The van der Waals surface area contributed by atoms with Crippen molar-refractivity contribution >= 4 is 16.6 Å². The molecule has 2 rings (SSSR count). The van der Waals surface area contributed by atoms with Crippen LogP contribution < -0.4 is 10.5 Å². The number of nitrogens with zero attached hydrogens (tertiary/aromatic N) is 2. The third kappa shape index (κ3) is 2.97. The maximum absolute atomic E-state index is 10.9. The van der Waals surface area contributed by atoms with Gasteiger partial charge in [-0.05, 0) is 32.0 Å². The first-order valence-corrected chi connectivity index (χ1v) is 5.82. The molecule has 0 atom stereocenters. The highest BCUT2D eigenvalue weighted by atomic mass is 16.6. The van der Waals surface area contributed by atoms with Crippen LogP contribution in [0.5, 0.6) is 5.75 Å². The van der Waals surface area contributed by atoms with Crippen LogP contribution >= 0.6 is 0 Å². The molecule has 0 aliphatic carbocycles. The highest BCUT2D eigenvalue weighted by Gasteiger charge is 2.18. The maximum Gasteiger partial charge on any atom is 0.295 e. The second-order valence-electron chi connectivity index (χ2n) is 5.02. The lowest BCUT2D eigenvalue weighted by molar-refractivity contribution is -0.383. The lowest BCUT2D eigenvalue weighted by Gasteiger charge is -2.19. The molecule has 1 heterocycles. The molecular formula is C13H15N3O3. The second-order valence-corrected chi connectivity index (χ2v) is 5.02. The Hall–Kier alpha value is -2.21. The molecule has 0 saturated heterocycles. The van der Waals surface area contributed by atoms with E-state index in [-0.39, 0.29) is 5.69 Å². The Balaban J connectivity index is 2.47. The minimum absolute atomic E-state index is 0.0324. The molecule has 0 bridgehead atoms. The third-order valence-corrected chi connectivity index (χ3v) is 2.50. The largest absolute Gasteiger partial charge is 0.491 e. The van der Waals surface area contributed by atoms with E-state index >= 15 is 0 Å². The van der Waals surface area contributed by atoms with Crippen LogP contribution in [0.4, 0.5) is 5.69 Å². The van der Waals surface area contributed by atoms with E-state index in [4.69, 9.17) is 10.5 Å². The lowest BCUT2D eigenvalue weighted by atomic mass is 10.1. The molecule has 19 heavy (non-hydrogen) atoms. The zero-order valence-electron chi connectivity index (χ0n) is 10.8. The number of nitro benzene ring substituents is 1. The molecule has 0 fully saturated rings. The summed E-state index contributed by atoms with van der Waals surface area (Å²) in [6, 6.07) is 6.43. The van der Waals surface area contributed by atoms with E-state index in [2.05, 4.69) is 4.98 Å². The van der Waals surface area contributed by atoms with Gasteiger partial charge in [-0.2, -0.15) is 0 Å². The predicted octanol–water partition coefficient (Wildman–Crippen LogP) is 2.26. The number of pyridine rings is 1. The average Bonchev–Trinajstić information content (AvgIpc) is 2.34. The topological polar surface area (TPSA) is 91.3 Å². The molecule has 2 aromatic rings. The molecule has 2 N–H and O–H groups in total. The summed E-state index contributed by atoms with van der Waals surface area (Å²) >= 11 is 0. The summed E-state index contributed by atoms with van der Waals surface area (Å²) in [5, 5.41) is 11.6. The summed E-state index contributed by atoms with van der Waals surface area (Å²) in [5.74, 6) is 0.548. The van der Waals surface area contributed by atoms with Crippen molar-refractivity contribution in [3.63, 3.8) is 0 Å². The quantitative estimate of drug-likeness (QED) is 0.673. The van der Waals surface area contributed by atoms with Crippen molar-refractivity contribution in [2.75, 3.05) is 6.61 Å². The Labute approximate surface area is 110 Å². The molecular weight excluding hydrogens is 246 g/mol. The number of aromatic nitrogens is 1. The Morgan fingerprint density at radius 1 is 1.42 bits per heavy atom. The van der Waals surface area contributed by atoms with Crippen molar-refractivity contribution in [3.8, 4) is 5.75 Å². The van der Waals surface area contributed by atoms with Crippen LogP contribution in [0.3, 0.4) is 0 Å². The molecule has 6 heteroatoms. The lowest BCUT2D eigenvalue weighted by Crippen LogP contribution is -2.38. The zero-order chi connectivity index (χ0) is 14.0. The molecule has 0 radical (unpaired) electrons. The third-order valence-electron chi connectivity index (χ3n) is 2.50. The van der Waals surface area contributed by atoms with Crippen LogP contribution in [0.15, 0.2) is 30.5 Å². The van der Waals surface area contributed by atoms with Crippen LogP contribution in [0.1, 0.15) is 13.8 Å². The van der Waals surface area contributed by atoms with E-state index in [1.165, 1.54) is 12.3 Å². The molecule has 6 nitrogen and oxygen atoms in total. The van der Waals surface area contributed by atoms with Gasteiger partial charge in [0.25, 0.3) is 5.69 Å². The van der Waals surface area contributed by atoms with Crippen molar-refractivity contribution in [1.29, 1.82) is 0 Å². The van der Waals surface area contributed by atoms with Gasteiger partial charge < -0.3 is 10.5 Å². The molecule has 0 spiro atoms. The molecule has 0 aliphatic rings. The Bertz CT molecular complexity index is 620. The highest BCUT2D eigenvalue weighted by Crippen LogP contribution is 2.31. The van der Waals surface area contributed by atoms with Crippen molar-refractivity contribution < 1.29 is 9.66 Å². The average molecular weight is 261 g/mol. The van der Waals surface area contributed by atoms with Gasteiger partial charge in [-0.15, -0.1) is 0 Å². The summed E-state index contributed by atoms with van der Waals surface area (Å²) in [7, 11) is 0. The summed E-state index contributed by atoms with van der Waals surface area (Å²) in [6.45, 7) is 4.01. The van der Waals surface area contributed by atoms with E-state index in [1.807, 2.05) is 13.8 Å². The maximum atomic E-state index is 10.9. The zero-order valence-corrected chi connectivity index (χ0v) is 10.8. The number of nitro groups is 1. The van der Waals surface area contributed by atoms with Crippen LogP contribution in [-0.4, -0.2) is 22.1 Å². The van der Waals surface area contributed by atoms with Gasteiger partial charge in [-0.25, -0.2) is 4.98 Å². The number of fused-ring (bicyclic) bond motifs is 1. The molecule has 0 amide bonds. The number of nitrogens with two attached hydrogens (primary N) is 1. The highest BCUT2D eigenvalue weighted by molar-refractivity contribution is 5.91.